The average molecular weight is 292 g/mol. The Morgan fingerprint density at radius 3 is 3.00 bits per heavy atom. The Labute approximate surface area is 125 Å². The van der Waals surface area contributed by atoms with Gasteiger partial charge in [-0.3, -0.25) is 4.79 Å². The first-order chi connectivity index (χ1) is 10.2. The topological polar surface area (TPSA) is 78.4 Å². The molecule has 2 N–H and O–H groups in total. The van der Waals surface area contributed by atoms with Gasteiger partial charge in [0.2, 0.25) is 0 Å². The van der Waals surface area contributed by atoms with Gasteiger partial charge in [-0.05, 0) is 43.7 Å². The second kappa shape index (κ2) is 7.93. The van der Waals surface area contributed by atoms with Crippen LogP contribution in [-0.4, -0.2) is 52.4 Å². The fraction of sp³-hybridized carbons (Fsp3) is 0.667. The van der Waals surface area contributed by atoms with Gasteiger partial charge in [-0.2, -0.15) is 0 Å². The molecule has 1 atom stereocenters. The van der Waals surface area contributed by atoms with Gasteiger partial charge in [-0.1, -0.05) is 6.92 Å². The van der Waals surface area contributed by atoms with Crippen LogP contribution in [0.25, 0.3) is 0 Å². The highest BCUT2D eigenvalue weighted by molar-refractivity contribution is 5.92. The van der Waals surface area contributed by atoms with Crippen molar-refractivity contribution in [2.45, 2.75) is 32.6 Å². The van der Waals surface area contributed by atoms with Crippen LogP contribution in [0.15, 0.2) is 12.1 Å². The van der Waals surface area contributed by atoms with E-state index in [4.69, 9.17) is 5.11 Å². The number of rotatable bonds is 6. The van der Waals surface area contributed by atoms with Crippen molar-refractivity contribution >= 4 is 11.7 Å². The van der Waals surface area contributed by atoms with Crippen molar-refractivity contribution in [1.82, 2.24) is 15.1 Å². The predicted octanol–water partition coefficient (Wildman–Crippen LogP) is 1.53. The lowest BCUT2D eigenvalue weighted by Gasteiger charge is -2.32. The molecule has 2 rings (SSSR count). The molecule has 0 spiro atoms. The number of anilines is 1. The van der Waals surface area contributed by atoms with Crippen molar-refractivity contribution in [1.29, 1.82) is 0 Å². The van der Waals surface area contributed by atoms with Gasteiger partial charge in [-0.25, -0.2) is 0 Å². The first kappa shape index (κ1) is 15.7. The standard InChI is InChI=1S/C15H24N4O2/c1-2-8-16-14-6-5-13(17-18-14)15(21)19-9-3-4-12(11-19)7-10-20/h5-6,12,20H,2-4,7-11H2,1H3,(H,16,18). The first-order valence-corrected chi connectivity index (χ1v) is 7.72. The molecule has 2 heterocycles. The van der Waals surface area contributed by atoms with Crippen molar-refractivity contribution in [3.05, 3.63) is 17.8 Å². The Morgan fingerprint density at radius 2 is 2.33 bits per heavy atom. The number of aliphatic hydroxyl groups is 1. The van der Waals surface area contributed by atoms with E-state index in [1.807, 2.05) is 4.90 Å². The Balaban J connectivity index is 1.95. The minimum absolute atomic E-state index is 0.0628. The van der Waals surface area contributed by atoms with Crippen LogP contribution in [0, 0.1) is 5.92 Å². The second-order valence-corrected chi connectivity index (χ2v) is 5.50. The van der Waals surface area contributed by atoms with Gasteiger partial charge >= 0.3 is 0 Å². The largest absolute Gasteiger partial charge is 0.396 e. The molecule has 21 heavy (non-hydrogen) atoms. The Kier molecular flexibility index (Phi) is 5.92. The summed E-state index contributed by atoms with van der Waals surface area (Å²) in [4.78, 5) is 14.2. The molecule has 1 saturated heterocycles. The smallest absolute Gasteiger partial charge is 0.274 e. The van der Waals surface area contributed by atoms with E-state index in [1.165, 1.54) is 0 Å². The molecule has 116 valence electrons. The summed E-state index contributed by atoms with van der Waals surface area (Å²) in [5.41, 5.74) is 0.390. The quantitative estimate of drug-likeness (QED) is 0.831. The molecule has 6 heteroatoms. The van der Waals surface area contributed by atoms with E-state index in [-0.39, 0.29) is 12.5 Å². The van der Waals surface area contributed by atoms with Gasteiger partial charge in [0.15, 0.2) is 5.69 Å². The lowest BCUT2D eigenvalue weighted by Crippen LogP contribution is -2.40. The Bertz CT molecular complexity index is 447. The number of likely N-dealkylation sites (tertiary alicyclic amines) is 1. The number of hydrogen-bond acceptors (Lipinski definition) is 5. The van der Waals surface area contributed by atoms with Crippen molar-refractivity contribution in [3.63, 3.8) is 0 Å². The maximum atomic E-state index is 12.4. The van der Waals surface area contributed by atoms with Crippen LogP contribution < -0.4 is 5.32 Å². The monoisotopic (exact) mass is 292 g/mol. The number of aliphatic hydroxyl groups excluding tert-OH is 1. The van der Waals surface area contributed by atoms with Crippen molar-refractivity contribution in [2.75, 3.05) is 31.6 Å². The molecule has 0 saturated carbocycles. The fourth-order valence-corrected chi connectivity index (χ4v) is 2.62. The van der Waals surface area contributed by atoms with Crippen LogP contribution in [0.5, 0.6) is 0 Å². The molecular formula is C15H24N4O2. The van der Waals surface area contributed by atoms with Crippen LogP contribution in [0.1, 0.15) is 43.1 Å². The van der Waals surface area contributed by atoms with E-state index in [2.05, 4.69) is 22.4 Å². The lowest BCUT2D eigenvalue weighted by atomic mass is 9.95. The van der Waals surface area contributed by atoms with Gasteiger partial charge in [0.05, 0.1) is 0 Å². The van der Waals surface area contributed by atoms with E-state index in [0.717, 1.165) is 38.8 Å². The predicted molar refractivity (Wildman–Crippen MR) is 81.1 cm³/mol. The number of carbonyl (C=O) groups excluding carboxylic acids is 1. The van der Waals surface area contributed by atoms with E-state index >= 15 is 0 Å². The molecule has 0 aromatic carbocycles. The Morgan fingerprint density at radius 1 is 1.48 bits per heavy atom. The number of nitrogens with one attached hydrogen (secondary N) is 1. The molecule has 1 aromatic heterocycles. The maximum Gasteiger partial charge on any atom is 0.274 e. The van der Waals surface area contributed by atoms with Crippen molar-refractivity contribution in [3.8, 4) is 0 Å². The third-order valence-corrected chi connectivity index (χ3v) is 3.78. The van der Waals surface area contributed by atoms with Crippen molar-refractivity contribution < 1.29 is 9.90 Å². The molecule has 0 aliphatic carbocycles. The molecule has 1 aliphatic rings. The Hall–Kier alpha value is -1.69. The summed E-state index contributed by atoms with van der Waals surface area (Å²) in [5, 5.41) is 20.2. The molecule has 1 amide bonds. The number of amides is 1. The fourth-order valence-electron chi connectivity index (χ4n) is 2.62. The molecule has 1 unspecified atom stereocenters. The molecule has 1 aliphatic heterocycles. The third-order valence-electron chi connectivity index (χ3n) is 3.78. The molecule has 6 nitrogen and oxygen atoms in total. The number of carbonyl (C=O) groups is 1. The van der Waals surface area contributed by atoms with Crippen molar-refractivity contribution in [2.24, 2.45) is 5.92 Å². The number of hydrogen-bond donors (Lipinski definition) is 2. The van der Waals surface area contributed by atoms with Crippen LogP contribution in [0.2, 0.25) is 0 Å². The van der Waals surface area contributed by atoms with Crippen LogP contribution >= 0.6 is 0 Å². The minimum atomic E-state index is -0.0628. The normalized spacial score (nSPS) is 18.6. The van der Waals surface area contributed by atoms with Crippen LogP contribution in [-0.2, 0) is 0 Å². The number of aromatic nitrogens is 2. The number of nitrogens with zero attached hydrogens (tertiary/aromatic N) is 3. The highest BCUT2D eigenvalue weighted by Gasteiger charge is 2.25. The highest BCUT2D eigenvalue weighted by atomic mass is 16.3. The van der Waals surface area contributed by atoms with Crippen LogP contribution in [0.3, 0.4) is 0 Å². The van der Waals surface area contributed by atoms with Gasteiger partial charge in [0.25, 0.3) is 5.91 Å². The summed E-state index contributed by atoms with van der Waals surface area (Å²) in [6.45, 7) is 4.58. The van der Waals surface area contributed by atoms with E-state index in [9.17, 15) is 4.79 Å². The zero-order chi connectivity index (χ0) is 15.1. The van der Waals surface area contributed by atoms with Gasteiger partial charge < -0.3 is 15.3 Å². The van der Waals surface area contributed by atoms with Gasteiger partial charge in [0.1, 0.15) is 5.82 Å². The van der Waals surface area contributed by atoms with Gasteiger partial charge in [-0.15, -0.1) is 10.2 Å². The molecular weight excluding hydrogens is 268 g/mol. The maximum absolute atomic E-state index is 12.4. The lowest BCUT2D eigenvalue weighted by molar-refractivity contribution is 0.0646. The molecule has 0 bridgehead atoms. The first-order valence-electron chi connectivity index (χ1n) is 7.72. The molecule has 1 fully saturated rings. The summed E-state index contributed by atoms with van der Waals surface area (Å²) < 4.78 is 0. The highest BCUT2D eigenvalue weighted by Crippen LogP contribution is 2.20. The van der Waals surface area contributed by atoms with E-state index < -0.39 is 0 Å². The second-order valence-electron chi connectivity index (χ2n) is 5.50. The summed E-state index contributed by atoms with van der Waals surface area (Å²) >= 11 is 0. The van der Waals surface area contributed by atoms with E-state index in [0.29, 0.717) is 24.0 Å². The summed E-state index contributed by atoms with van der Waals surface area (Å²) in [6, 6.07) is 3.52. The summed E-state index contributed by atoms with van der Waals surface area (Å²) in [5.74, 6) is 1.03. The summed E-state index contributed by atoms with van der Waals surface area (Å²) in [7, 11) is 0. The van der Waals surface area contributed by atoms with E-state index in [1.54, 1.807) is 12.1 Å². The third kappa shape index (κ3) is 4.39. The van der Waals surface area contributed by atoms with Gasteiger partial charge in [0, 0.05) is 26.2 Å². The zero-order valence-corrected chi connectivity index (χ0v) is 12.6. The SMILES string of the molecule is CCCNc1ccc(C(=O)N2CCCC(CCO)C2)nn1. The van der Waals surface area contributed by atoms with Crippen LogP contribution in [0.4, 0.5) is 5.82 Å². The molecule has 0 radical (unpaired) electrons. The summed E-state index contributed by atoms with van der Waals surface area (Å²) in [6.07, 6.45) is 3.84. The number of piperidine rings is 1. The zero-order valence-electron chi connectivity index (χ0n) is 12.6. The average Bonchev–Trinajstić information content (AvgIpc) is 2.53. The minimum Gasteiger partial charge on any atom is -0.396 e. The molecule has 1 aromatic rings.